The van der Waals surface area contributed by atoms with Crippen molar-refractivity contribution in [2.75, 3.05) is 6.54 Å². The molecule has 1 N–H and O–H groups in total. The number of aromatic nitrogens is 3. The van der Waals surface area contributed by atoms with Crippen LogP contribution in [-0.2, 0) is 7.05 Å². The minimum absolute atomic E-state index is 0.380. The molecule has 2 rings (SSSR count). The molecular formula is C13H24N4S. The van der Waals surface area contributed by atoms with Crippen LogP contribution in [-0.4, -0.2) is 32.6 Å². The molecule has 0 spiro atoms. The zero-order valence-corrected chi connectivity index (χ0v) is 12.6. The summed E-state index contributed by atoms with van der Waals surface area (Å²) in [5, 5.41) is 13.5. The van der Waals surface area contributed by atoms with Gasteiger partial charge in [0.25, 0.3) is 0 Å². The van der Waals surface area contributed by atoms with Gasteiger partial charge < -0.3 is 9.88 Å². The fourth-order valence-corrected chi connectivity index (χ4v) is 4.10. The van der Waals surface area contributed by atoms with Crippen LogP contribution in [0.5, 0.6) is 0 Å². The summed E-state index contributed by atoms with van der Waals surface area (Å²) < 4.78 is 2.01. The number of hydrogen-bond acceptors (Lipinski definition) is 4. The highest BCUT2D eigenvalue weighted by Gasteiger charge is 2.42. The van der Waals surface area contributed by atoms with Crippen LogP contribution in [0.4, 0.5) is 0 Å². The molecule has 0 bridgehead atoms. The average Bonchev–Trinajstić information content (AvgIpc) is 2.83. The van der Waals surface area contributed by atoms with Crippen LogP contribution in [0.25, 0.3) is 0 Å². The second kappa shape index (κ2) is 5.61. The van der Waals surface area contributed by atoms with Gasteiger partial charge in [0, 0.05) is 18.3 Å². The van der Waals surface area contributed by atoms with Gasteiger partial charge in [0.2, 0.25) is 0 Å². The second-order valence-corrected chi connectivity index (χ2v) is 7.05. The second-order valence-electron chi connectivity index (χ2n) is 5.84. The summed E-state index contributed by atoms with van der Waals surface area (Å²) in [5.41, 5.74) is 0.380. The smallest absolute Gasteiger partial charge is 0.191 e. The third-order valence-electron chi connectivity index (χ3n) is 3.83. The summed E-state index contributed by atoms with van der Waals surface area (Å²) in [6.07, 6.45) is 5.50. The van der Waals surface area contributed by atoms with E-state index in [9.17, 15) is 0 Å². The lowest BCUT2D eigenvalue weighted by molar-refractivity contribution is 0.287. The molecule has 1 heterocycles. The number of nitrogens with one attached hydrogen (secondary N) is 1. The molecule has 1 aromatic rings. The first-order valence-corrected chi connectivity index (χ1v) is 7.66. The Morgan fingerprint density at radius 3 is 2.94 bits per heavy atom. The van der Waals surface area contributed by atoms with Crippen LogP contribution in [0.3, 0.4) is 0 Å². The Morgan fingerprint density at radius 2 is 2.33 bits per heavy atom. The predicted octanol–water partition coefficient (Wildman–Crippen LogP) is 2.46. The molecule has 0 aromatic carbocycles. The Hall–Kier alpha value is -0.550. The SMILES string of the molecule is CCCNC1C(Sc2nncn2C)CCC1(C)C. The Balaban J connectivity index is 2.05. The molecule has 4 nitrogen and oxygen atoms in total. The highest BCUT2D eigenvalue weighted by atomic mass is 32.2. The topological polar surface area (TPSA) is 42.7 Å². The van der Waals surface area contributed by atoms with E-state index < -0.39 is 0 Å². The molecule has 0 radical (unpaired) electrons. The van der Waals surface area contributed by atoms with Crippen molar-refractivity contribution in [1.82, 2.24) is 20.1 Å². The summed E-state index contributed by atoms with van der Waals surface area (Å²) in [6, 6.07) is 0.569. The van der Waals surface area contributed by atoms with Gasteiger partial charge in [-0.2, -0.15) is 0 Å². The predicted molar refractivity (Wildman–Crippen MR) is 75.7 cm³/mol. The number of thioether (sulfide) groups is 1. The number of rotatable bonds is 5. The normalized spacial score (nSPS) is 26.7. The van der Waals surface area contributed by atoms with Crippen LogP contribution < -0.4 is 5.32 Å². The third-order valence-corrected chi connectivity index (χ3v) is 5.22. The van der Waals surface area contributed by atoms with Crippen LogP contribution in [0.1, 0.15) is 40.0 Å². The first-order valence-electron chi connectivity index (χ1n) is 6.78. The van der Waals surface area contributed by atoms with Gasteiger partial charge in [-0.1, -0.05) is 32.5 Å². The van der Waals surface area contributed by atoms with E-state index in [1.54, 1.807) is 6.33 Å². The standard InChI is InChI=1S/C13H24N4S/c1-5-8-14-11-10(6-7-13(11,2)3)18-12-16-15-9-17(12)4/h9-11,14H,5-8H2,1-4H3. The average molecular weight is 268 g/mol. The monoisotopic (exact) mass is 268 g/mol. The zero-order chi connectivity index (χ0) is 13.2. The van der Waals surface area contributed by atoms with Gasteiger partial charge in [0.1, 0.15) is 6.33 Å². The Kier molecular flexibility index (Phi) is 4.33. The van der Waals surface area contributed by atoms with E-state index in [0.29, 0.717) is 16.7 Å². The molecule has 1 fully saturated rings. The van der Waals surface area contributed by atoms with E-state index in [0.717, 1.165) is 11.7 Å². The molecule has 1 aliphatic rings. The highest BCUT2D eigenvalue weighted by Crippen LogP contribution is 2.44. The van der Waals surface area contributed by atoms with Crippen LogP contribution in [0.15, 0.2) is 11.5 Å². The van der Waals surface area contributed by atoms with Gasteiger partial charge in [-0.25, -0.2) is 0 Å². The molecule has 5 heteroatoms. The van der Waals surface area contributed by atoms with Crippen molar-refractivity contribution in [2.24, 2.45) is 12.5 Å². The zero-order valence-electron chi connectivity index (χ0n) is 11.8. The highest BCUT2D eigenvalue weighted by molar-refractivity contribution is 7.99. The number of nitrogens with zero attached hydrogens (tertiary/aromatic N) is 3. The quantitative estimate of drug-likeness (QED) is 0.891. The van der Waals surface area contributed by atoms with E-state index in [-0.39, 0.29) is 0 Å². The van der Waals surface area contributed by atoms with Crippen molar-refractivity contribution < 1.29 is 0 Å². The summed E-state index contributed by atoms with van der Waals surface area (Å²) in [7, 11) is 2.01. The van der Waals surface area contributed by atoms with Gasteiger partial charge in [-0.15, -0.1) is 10.2 Å². The molecule has 1 saturated carbocycles. The molecule has 0 amide bonds. The fourth-order valence-electron chi connectivity index (χ4n) is 2.69. The minimum Gasteiger partial charge on any atom is -0.312 e. The van der Waals surface area contributed by atoms with Gasteiger partial charge in [-0.05, 0) is 31.2 Å². The largest absolute Gasteiger partial charge is 0.312 e. The van der Waals surface area contributed by atoms with Crippen LogP contribution in [0, 0.1) is 5.41 Å². The van der Waals surface area contributed by atoms with Crippen LogP contribution in [0.2, 0.25) is 0 Å². The van der Waals surface area contributed by atoms with Crippen molar-refractivity contribution in [2.45, 2.75) is 56.5 Å². The van der Waals surface area contributed by atoms with E-state index in [4.69, 9.17) is 0 Å². The number of hydrogen-bond donors (Lipinski definition) is 1. The maximum Gasteiger partial charge on any atom is 0.191 e. The van der Waals surface area contributed by atoms with E-state index in [1.165, 1.54) is 19.3 Å². The molecule has 18 heavy (non-hydrogen) atoms. The third kappa shape index (κ3) is 2.88. The van der Waals surface area contributed by atoms with Gasteiger partial charge >= 0.3 is 0 Å². The van der Waals surface area contributed by atoms with Crippen LogP contribution >= 0.6 is 11.8 Å². The molecule has 1 aliphatic carbocycles. The Bertz CT molecular complexity index is 388. The summed E-state index contributed by atoms with van der Waals surface area (Å²) in [5.74, 6) is 0. The van der Waals surface area contributed by atoms with E-state index in [2.05, 4.69) is 36.3 Å². The summed E-state index contributed by atoms with van der Waals surface area (Å²) in [6.45, 7) is 8.07. The van der Waals surface area contributed by atoms with Crippen molar-refractivity contribution in [1.29, 1.82) is 0 Å². The number of aryl methyl sites for hydroxylation is 1. The minimum atomic E-state index is 0.380. The fraction of sp³-hybridized carbons (Fsp3) is 0.846. The first kappa shape index (κ1) is 13.9. The van der Waals surface area contributed by atoms with Crippen molar-refractivity contribution >= 4 is 11.8 Å². The van der Waals surface area contributed by atoms with E-state index >= 15 is 0 Å². The first-order chi connectivity index (χ1) is 8.54. The van der Waals surface area contributed by atoms with Crippen molar-refractivity contribution in [3.63, 3.8) is 0 Å². The lowest BCUT2D eigenvalue weighted by atomic mass is 9.87. The van der Waals surface area contributed by atoms with Crippen molar-refractivity contribution in [3.05, 3.63) is 6.33 Å². The molecule has 2 unspecified atom stereocenters. The molecule has 0 saturated heterocycles. The summed E-state index contributed by atoms with van der Waals surface area (Å²) in [4.78, 5) is 0. The molecule has 2 atom stereocenters. The van der Waals surface area contributed by atoms with Gasteiger partial charge in [-0.3, -0.25) is 0 Å². The van der Waals surface area contributed by atoms with E-state index in [1.807, 2.05) is 23.4 Å². The van der Waals surface area contributed by atoms with Gasteiger partial charge in [0.15, 0.2) is 5.16 Å². The molecule has 1 aromatic heterocycles. The maximum atomic E-state index is 4.19. The maximum absolute atomic E-state index is 4.19. The van der Waals surface area contributed by atoms with Crippen molar-refractivity contribution in [3.8, 4) is 0 Å². The Labute approximate surface area is 114 Å². The molecular weight excluding hydrogens is 244 g/mol. The summed E-state index contributed by atoms with van der Waals surface area (Å²) >= 11 is 1.87. The lowest BCUT2D eigenvalue weighted by Gasteiger charge is -2.31. The molecule has 0 aliphatic heterocycles. The van der Waals surface area contributed by atoms with Gasteiger partial charge in [0.05, 0.1) is 0 Å². The molecule has 102 valence electrons. The lowest BCUT2D eigenvalue weighted by Crippen LogP contribution is -2.43. The Morgan fingerprint density at radius 1 is 1.56 bits per heavy atom.